The van der Waals surface area contributed by atoms with Gasteiger partial charge in [0.05, 0.1) is 14.2 Å². The molecular formula is C28H28BrO3P. The average molecular weight is 523 g/mol. The SMILES string of the molecule is COc1ccc(C(OC)[P+](c2ccccc2)(c2ccccc2)c2ccccc2)cc1OC.[Br-]. The van der Waals surface area contributed by atoms with Crippen molar-refractivity contribution >= 4 is 23.2 Å². The molecule has 3 nitrogen and oxygen atoms in total. The Morgan fingerprint density at radius 2 is 0.970 bits per heavy atom. The van der Waals surface area contributed by atoms with Gasteiger partial charge in [0.15, 0.2) is 11.5 Å². The zero-order chi connectivity index (χ0) is 22.4. The molecule has 0 aliphatic rings. The summed E-state index contributed by atoms with van der Waals surface area (Å²) in [6.07, 6.45) is 0. The van der Waals surface area contributed by atoms with E-state index in [2.05, 4.69) is 97.1 Å². The van der Waals surface area contributed by atoms with Gasteiger partial charge in [0.1, 0.15) is 23.2 Å². The standard InChI is InChI=1S/C28H28O3P.BrH/c1-29-26-20-19-22(21-27(26)30-2)28(31-3)32(23-13-7-4-8-14-23,24-15-9-5-10-16-24)25-17-11-6-12-18-25;/h4-21,28H,1-3H3;1H/q+1;/p-1. The number of ether oxygens (including phenoxy) is 3. The van der Waals surface area contributed by atoms with Gasteiger partial charge in [0.2, 0.25) is 5.85 Å². The van der Waals surface area contributed by atoms with Crippen LogP contribution in [0.25, 0.3) is 0 Å². The Kier molecular flexibility index (Phi) is 8.68. The number of rotatable bonds is 8. The van der Waals surface area contributed by atoms with Gasteiger partial charge in [-0.1, -0.05) is 54.6 Å². The molecule has 4 rings (SSSR count). The topological polar surface area (TPSA) is 27.7 Å². The summed E-state index contributed by atoms with van der Waals surface area (Å²) in [5.74, 6) is 1.18. The minimum absolute atomic E-state index is 0. The van der Waals surface area contributed by atoms with E-state index in [1.807, 2.05) is 12.1 Å². The maximum Gasteiger partial charge on any atom is 0.206 e. The highest BCUT2D eigenvalue weighted by molar-refractivity contribution is 7.95. The Morgan fingerprint density at radius 1 is 0.545 bits per heavy atom. The number of benzene rings is 4. The third-order valence-electron chi connectivity index (χ3n) is 5.76. The van der Waals surface area contributed by atoms with Crippen LogP contribution in [0.2, 0.25) is 0 Å². The van der Waals surface area contributed by atoms with Gasteiger partial charge in [-0.05, 0) is 54.6 Å². The zero-order valence-corrected chi connectivity index (χ0v) is 21.5. The van der Waals surface area contributed by atoms with Gasteiger partial charge in [-0.3, -0.25) is 0 Å². The van der Waals surface area contributed by atoms with Gasteiger partial charge in [0.25, 0.3) is 0 Å². The molecule has 0 aliphatic heterocycles. The monoisotopic (exact) mass is 522 g/mol. The van der Waals surface area contributed by atoms with Crippen molar-refractivity contribution in [3.63, 3.8) is 0 Å². The van der Waals surface area contributed by atoms with Crippen molar-refractivity contribution in [2.75, 3.05) is 21.3 Å². The second kappa shape index (κ2) is 11.5. The van der Waals surface area contributed by atoms with E-state index in [-0.39, 0.29) is 22.8 Å². The second-order valence-corrected chi connectivity index (χ2v) is 10.9. The van der Waals surface area contributed by atoms with Gasteiger partial charge in [-0.25, -0.2) is 0 Å². The molecule has 1 unspecified atom stereocenters. The zero-order valence-electron chi connectivity index (χ0n) is 19.0. The van der Waals surface area contributed by atoms with Crippen molar-refractivity contribution in [1.29, 1.82) is 0 Å². The van der Waals surface area contributed by atoms with Crippen molar-refractivity contribution < 1.29 is 31.2 Å². The van der Waals surface area contributed by atoms with Crippen LogP contribution in [0.15, 0.2) is 109 Å². The molecule has 0 spiro atoms. The number of halogens is 1. The molecule has 4 aromatic carbocycles. The molecular weight excluding hydrogens is 495 g/mol. The fourth-order valence-corrected chi connectivity index (χ4v) is 8.93. The van der Waals surface area contributed by atoms with Crippen LogP contribution in [0.4, 0.5) is 0 Å². The lowest BCUT2D eigenvalue weighted by molar-refractivity contribution is -0.00000709. The smallest absolute Gasteiger partial charge is 0.206 e. The molecule has 33 heavy (non-hydrogen) atoms. The Balaban J connectivity index is 0.00000306. The van der Waals surface area contributed by atoms with E-state index in [0.717, 1.165) is 5.56 Å². The van der Waals surface area contributed by atoms with Crippen LogP contribution in [-0.4, -0.2) is 21.3 Å². The summed E-state index contributed by atoms with van der Waals surface area (Å²) in [6.45, 7) is 0. The molecule has 170 valence electrons. The highest BCUT2D eigenvalue weighted by atomic mass is 79.9. The lowest BCUT2D eigenvalue weighted by atomic mass is 10.2. The van der Waals surface area contributed by atoms with Gasteiger partial charge >= 0.3 is 0 Å². The first kappa shape index (κ1) is 25.0. The van der Waals surface area contributed by atoms with E-state index in [9.17, 15) is 0 Å². The molecule has 0 saturated carbocycles. The Labute approximate surface area is 207 Å². The van der Waals surface area contributed by atoms with Crippen LogP contribution in [0, 0.1) is 0 Å². The summed E-state index contributed by atoms with van der Waals surface area (Å²) in [7, 11) is 2.86. The molecule has 0 radical (unpaired) electrons. The van der Waals surface area contributed by atoms with Crippen LogP contribution in [0.3, 0.4) is 0 Å². The van der Waals surface area contributed by atoms with E-state index >= 15 is 0 Å². The van der Waals surface area contributed by atoms with Crippen LogP contribution in [0.1, 0.15) is 11.4 Å². The quantitative estimate of drug-likeness (QED) is 0.332. The summed E-state index contributed by atoms with van der Waals surface area (Å²) in [6, 6.07) is 38.2. The number of hydrogen-bond donors (Lipinski definition) is 0. The van der Waals surface area contributed by atoms with Crippen molar-refractivity contribution in [1.82, 2.24) is 0 Å². The molecule has 5 heteroatoms. The summed E-state index contributed by atoms with van der Waals surface area (Å²) < 4.78 is 17.5. The highest BCUT2D eigenvalue weighted by Crippen LogP contribution is 2.67. The first-order valence-electron chi connectivity index (χ1n) is 10.6. The van der Waals surface area contributed by atoms with Crippen LogP contribution in [-0.2, 0) is 4.74 Å². The maximum atomic E-state index is 6.39. The minimum Gasteiger partial charge on any atom is -1.00 e. The minimum atomic E-state index is -2.26. The van der Waals surface area contributed by atoms with E-state index < -0.39 is 7.26 Å². The number of methoxy groups -OCH3 is 3. The van der Waals surface area contributed by atoms with Crippen molar-refractivity contribution in [2.45, 2.75) is 5.85 Å². The fourth-order valence-electron chi connectivity index (χ4n) is 4.37. The Hall–Kier alpha value is -2.65. The van der Waals surface area contributed by atoms with E-state index in [1.165, 1.54) is 15.9 Å². The summed E-state index contributed by atoms with van der Waals surface area (Å²) in [5, 5.41) is 3.79. The Bertz CT molecular complexity index is 1040. The Morgan fingerprint density at radius 3 is 1.33 bits per heavy atom. The summed E-state index contributed by atoms with van der Waals surface area (Å²) >= 11 is 0. The van der Waals surface area contributed by atoms with Crippen molar-refractivity contribution in [3.8, 4) is 11.5 Å². The molecule has 0 heterocycles. The van der Waals surface area contributed by atoms with Crippen LogP contribution < -0.4 is 42.4 Å². The second-order valence-electron chi connectivity index (χ2n) is 7.43. The molecule has 1 atom stereocenters. The van der Waals surface area contributed by atoms with Crippen LogP contribution >= 0.6 is 7.26 Å². The predicted molar refractivity (Wildman–Crippen MR) is 134 cm³/mol. The van der Waals surface area contributed by atoms with E-state index in [1.54, 1.807) is 21.3 Å². The maximum absolute atomic E-state index is 6.39. The van der Waals surface area contributed by atoms with Gasteiger partial charge in [-0.15, -0.1) is 0 Å². The normalized spacial score (nSPS) is 11.8. The van der Waals surface area contributed by atoms with Crippen molar-refractivity contribution in [2.24, 2.45) is 0 Å². The number of hydrogen-bond acceptors (Lipinski definition) is 3. The molecule has 0 aromatic heterocycles. The third kappa shape index (κ3) is 4.70. The summed E-state index contributed by atoms with van der Waals surface area (Å²) in [5.41, 5.74) is 1.05. The van der Waals surface area contributed by atoms with E-state index in [0.29, 0.717) is 11.5 Å². The van der Waals surface area contributed by atoms with Crippen LogP contribution in [0.5, 0.6) is 11.5 Å². The first-order chi connectivity index (χ1) is 15.7. The van der Waals surface area contributed by atoms with E-state index in [4.69, 9.17) is 14.2 Å². The lowest BCUT2D eigenvalue weighted by Crippen LogP contribution is -3.00. The molecule has 4 aromatic rings. The summed E-state index contributed by atoms with van der Waals surface area (Å²) in [4.78, 5) is 0. The largest absolute Gasteiger partial charge is 1.00 e. The van der Waals surface area contributed by atoms with Crippen molar-refractivity contribution in [3.05, 3.63) is 115 Å². The van der Waals surface area contributed by atoms with Gasteiger partial charge in [-0.2, -0.15) is 0 Å². The highest BCUT2D eigenvalue weighted by Gasteiger charge is 2.54. The molecule has 0 bridgehead atoms. The average Bonchev–Trinajstić information content (AvgIpc) is 2.88. The molecule has 0 N–H and O–H groups in total. The predicted octanol–water partition coefficient (Wildman–Crippen LogP) is 2.35. The third-order valence-corrected chi connectivity index (χ3v) is 10.3. The molecule has 0 amide bonds. The molecule has 0 aliphatic carbocycles. The lowest BCUT2D eigenvalue weighted by Gasteiger charge is -2.34. The van der Waals surface area contributed by atoms with Gasteiger partial charge in [0, 0.05) is 12.7 Å². The fraction of sp³-hybridized carbons (Fsp3) is 0.143. The molecule has 0 saturated heterocycles. The molecule has 0 fully saturated rings. The first-order valence-corrected chi connectivity index (χ1v) is 12.4. The van der Waals surface area contributed by atoms with Gasteiger partial charge < -0.3 is 31.2 Å².